The number of thiazole rings is 1. The van der Waals surface area contributed by atoms with E-state index in [-0.39, 0.29) is 12.3 Å². The second kappa shape index (κ2) is 8.25. The summed E-state index contributed by atoms with van der Waals surface area (Å²) in [6, 6.07) is 23.1. The highest BCUT2D eigenvalue weighted by molar-refractivity contribution is 7.19. The zero-order chi connectivity index (χ0) is 18.9. The number of aromatic nitrogens is 2. The highest BCUT2D eigenvalue weighted by Gasteiger charge is 2.28. The number of pyridine rings is 1. The molecule has 2 aromatic heterocycles. The Morgan fingerprint density at radius 3 is 2.21 bits per heavy atom. The SMILES string of the molecule is N.OC1CC(c2ccc(-c3nc(-c4cccnc4)sc3-c3ccccc3)cc2)C1. The Kier molecular flexibility index (Phi) is 5.53. The summed E-state index contributed by atoms with van der Waals surface area (Å²) in [5.74, 6) is 0.485. The van der Waals surface area contributed by atoms with Gasteiger partial charge in [-0.1, -0.05) is 54.6 Å². The molecule has 5 heteroatoms. The van der Waals surface area contributed by atoms with E-state index in [0.717, 1.165) is 34.7 Å². The van der Waals surface area contributed by atoms with E-state index >= 15 is 0 Å². The van der Waals surface area contributed by atoms with E-state index in [1.807, 2.05) is 18.3 Å². The highest BCUT2D eigenvalue weighted by atomic mass is 32.1. The summed E-state index contributed by atoms with van der Waals surface area (Å²) in [4.78, 5) is 10.4. The van der Waals surface area contributed by atoms with Crippen LogP contribution in [0.25, 0.3) is 32.3 Å². The predicted molar refractivity (Wildman–Crippen MR) is 119 cm³/mol. The fourth-order valence-corrected chi connectivity index (χ4v) is 4.77. The summed E-state index contributed by atoms with van der Waals surface area (Å²) in [5.41, 5.74) is 5.65. The van der Waals surface area contributed by atoms with Crippen LogP contribution in [0.15, 0.2) is 79.1 Å². The van der Waals surface area contributed by atoms with E-state index in [0.29, 0.717) is 5.92 Å². The van der Waals surface area contributed by atoms with Crippen LogP contribution in [0.4, 0.5) is 0 Å². The molecule has 0 radical (unpaired) electrons. The second-order valence-corrected chi connectivity index (χ2v) is 8.25. The molecular weight excluding hydrogens is 378 g/mol. The van der Waals surface area contributed by atoms with Crippen molar-refractivity contribution in [2.24, 2.45) is 0 Å². The van der Waals surface area contributed by atoms with Crippen molar-refractivity contribution < 1.29 is 5.11 Å². The van der Waals surface area contributed by atoms with Crippen LogP contribution in [-0.4, -0.2) is 21.2 Å². The topological polar surface area (TPSA) is 81.0 Å². The monoisotopic (exact) mass is 401 g/mol. The van der Waals surface area contributed by atoms with Crippen LogP contribution in [0, 0.1) is 0 Å². The normalized spacial score (nSPS) is 18.0. The number of aliphatic hydroxyl groups is 1. The lowest BCUT2D eigenvalue weighted by molar-refractivity contribution is 0.0746. The van der Waals surface area contributed by atoms with Gasteiger partial charge in [-0.3, -0.25) is 4.98 Å². The largest absolute Gasteiger partial charge is 0.393 e. The zero-order valence-electron chi connectivity index (χ0n) is 16.0. The molecule has 4 nitrogen and oxygen atoms in total. The fraction of sp³-hybridized carbons (Fsp3) is 0.167. The van der Waals surface area contributed by atoms with Crippen LogP contribution < -0.4 is 6.15 Å². The Bertz CT molecular complexity index is 1070. The first kappa shape index (κ1) is 19.5. The van der Waals surface area contributed by atoms with Crippen LogP contribution in [0.5, 0.6) is 0 Å². The zero-order valence-corrected chi connectivity index (χ0v) is 16.8. The van der Waals surface area contributed by atoms with Gasteiger partial charge in [-0.2, -0.15) is 0 Å². The van der Waals surface area contributed by atoms with Crippen LogP contribution in [0.3, 0.4) is 0 Å². The molecule has 0 amide bonds. The first-order chi connectivity index (χ1) is 13.8. The minimum atomic E-state index is -0.130. The van der Waals surface area contributed by atoms with Crippen LogP contribution in [0.1, 0.15) is 24.3 Å². The lowest BCUT2D eigenvalue weighted by atomic mass is 9.77. The molecule has 4 aromatic rings. The second-order valence-electron chi connectivity index (χ2n) is 7.25. The molecule has 0 saturated heterocycles. The third kappa shape index (κ3) is 3.85. The average molecular weight is 402 g/mol. The molecule has 1 fully saturated rings. The fourth-order valence-electron chi connectivity index (χ4n) is 3.69. The van der Waals surface area contributed by atoms with Crippen molar-refractivity contribution in [2.75, 3.05) is 0 Å². The van der Waals surface area contributed by atoms with Gasteiger partial charge in [-0.25, -0.2) is 4.98 Å². The van der Waals surface area contributed by atoms with Crippen molar-refractivity contribution in [3.8, 4) is 32.3 Å². The highest BCUT2D eigenvalue weighted by Crippen LogP contribution is 2.42. The molecule has 2 aromatic carbocycles. The van der Waals surface area contributed by atoms with Crippen molar-refractivity contribution in [3.05, 3.63) is 84.7 Å². The first-order valence-corrected chi connectivity index (χ1v) is 10.3. The molecular formula is C24H23N3OS. The lowest BCUT2D eigenvalue weighted by Crippen LogP contribution is -2.26. The van der Waals surface area contributed by atoms with Crippen molar-refractivity contribution in [2.45, 2.75) is 24.9 Å². The molecule has 0 bridgehead atoms. The van der Waals surface area contributed by atoms with Crippen molar-refractivity contribution in [3.63, 3.8) is 0 Å². The maximum Gasteiger partial charge on any atom is 0.126 e. The van der Waals surface area contributed by atoms with Gasteiger partial charge >= 0.3 is 0 Å². The number of benzene rings is 2. The Morgan fingerprint density at radius 2 is 1.55 bits per heavy atom. The summed E-state index contributed by atoms with van der Waals surface area (Å²) >= 11 is 1.70. The molecule has 0 aliphatic heterocycles. The molecule has 1 aliphatic rings. The minimum absolute atomic E-state index is 0. The molecule has 29 heavy (non-hydrogen) atoms. The quantitative estimate of drug-likeness (QED) is 0.443. The Hall–Kier alpha value is -2.86. The number of hydrogen-bond acceptors (Lipinski definition) is 5. The number of aliphatic hydroxyl groups excluding tert-OH is 1. The predicted octanol–water partition coefficient (Wildman–Crippen LogP) is 5.94. The third-order valence-corrected chi connectivity index (χ3v) is 6.49. The lowest BCUT2D eigenvalue weighted by Gasteiger charge is -2.31. The van der Waals surface area contributed by atoms with Crippen LogP contribution in [-0.2, 0) is 0 Å². The Labute approximate surface area is 174 Å². The van der Waals surface area contributed by atoms with E-state index in [1.54, 1.807) is 17.5 Å². The van der Waals surface area contributed by atoms with E-state index in [1.165, 1.54) is 16.0 Å². The molecule has 2 heterocycles. The van der Waals surface area contributed by atoms with Gasteiger partial charge in [0.05, 0.1) is 16.7 Å². The van der Waals surface area contributed by atoms with Crippen molar-refractivity contribution in [1.82, 2.24) is 16.1 Å². The standard InChI is InChI=1S/C24H20N2OS.H3N/c27-21-13-20(14-21)16-8-10-17(11-9-16)22-23(18-5-2-1-3-6-18)28-24(26-22)19-7-4-12-25-15-19;/h1-12,15,20-21,27H,13-14H2;1H3. The van der Waals surface area contributed by atoms with Gasteiger partial charge in [-0.15, -0.1) is 11.3 Å². The third-order valence-electron chi connectivity index (χ3n) is 5.34. The molecule has 1 aliphatic carbocycles. The first-order valence-electron chi connectivity index (χ1n) is 9.53. The Morgan fingerprint density at radius 1 is 0.828 bits per heavy atom. The molecule has 5 rings (SSSR count). The summed E-state index contributed by atoms with van der Waals surface area (Å²) < 4.78 is 0. The van der Waals surface area contributed by atoms with E-state index in [9.17, 15) is 5.11 Å². The van der Waals surface area contributed by atoms with Crippen molar-refractivity contribution in [1.29, 1.82) is 0 Å². The van der Waals surface area contributed by atoms with E-state index in [4.69, 9.17) is 4.98 Å². The minimum Gasteiger partial charge on any atom is -0.393 e. The maximum absolute atomic E-state index is 9.57. The molecule has 0 spiro atoms. The Balaban J connectivity index is 0.00000205. The molecule has 4 N–H and O–H groups in total. The number of hydrogen-bond donors (Lipinski definition) is 2. The van der Waals surface area contributed by atoms with Gasteiger partial charge in [0.2, 0.25) is 0 Å². The number of nitrogens with zero attached hydrogens (tertiary/aromatic N) is 2. The maximum atomic E-state index is 9.57. The molecule has 0 unspecified atom stereocenters. The van der Waals surface area contributed by atoms with Crippen LogP contribution >= 0.6 is 11.3 Å². The summed E-state index contributed by atoms with van der Waals surface area (Å²) in [7, 11) is 0. The summed E-state index contributed by atoms with van der Waals surface area (Å²) in [6.45, 7) is 0. The van der Waals surface area contributed by atoms with E-state index in [2.05, 4.69) is 59.6 Å². The molecule has 0 atom stereocenters. The van der Waals surface area contributed by atoms with Gasteiger partial charge in [0.25, 0.3) is 0 Å². The summed E-state index contributed by atoms with van der Waals surface area (Å²) in [5, 5.41) is 10.6. The van der Waals surface area contributed by atoms with Crippen LogP contribution in [0.2, 0.25) is 0 Å². The van der Waals surface area contributed by atoms with Gasteiger partial charge in [-0.05, 0) is 42.0 Å². The smallest absolute Gasteiger partial charge is 0.126 e. The van der Waals surface area contributed by atoms with Crippen molar-refractivity contribution >= 4 is 11.3 Å². The molecule has 1 saturated carbocycles. The van der Waals surface area contributed by atoms with Gasteiger partial charge in [0, 0.05) is 23.5 Å². The average Bonchev–Trinajstić information content (AvgIpc) is 3.18. The van der Waals surface area contributed by atoms with Gasteiger partial charge in [0.1, 0.15) is 5.01 Å². The number of rotatable bonds is 4. The molecule has 146 valence electrons. The van der Waals surface area contributed by atoms with Gasteiger partial charge < -0.3 is 11.3 Å². The summed E-state index contributed by atoms with van der Waals surface area (Å²) in [6.07, 6.45) is 5.26. The van der Waals surface area contributed by atoms with E-state index < -0.39 is 0 Å². The van der Waals surface area contributed by atoms with Gasteiger partial charge in [0.15, 0.2) is 0 Å².